The summed E-state index contributed by atoms with van der Waals surface area (Å²) >= 11 is 1.92. The summed E-state index contributed by atoms with van der Waals surface area (Å²) in [4.78, 5) is 4.57. The van der Waals surface area contributed by atoms with E-state index >= 15 is 0 Å². The lowest BCUT2D eigenvalue weighted by Crippen LogP contribution is -2.36. The van der Waals surface area contributed by atoms with Crippen LogP contribution in [0.25, 0.3) is 0 Å². The first-order valence-electron chi connectivity index (χ1n) is 6.35. The molecule has 16 heavy (non-hydrogen) atoms. The molecule has 4 heteroatoms. The molecule has 2 rings (SSSR count). The van der Waals surface area contributed by atoms with Crippen molar-refractivity contribution >= 4 is 16.9 Å². The number of rotatable bonds is 4. The maximum Gasteiger partial charge on any atom is 0.157 e. The first-order chi connectivity index (χ1) is 7.79. The summed E-state index contributed by atoms with van der Waals surface area (Å²) in [6.07, 6.45) is 3.72. The van der Waals surface area contributed by atoms with Crippen LogP contribution < -0.4 is 5.32 Å². The maximum absolute atomic E-state index is 5.42. The molecule has 0 aromatic rings. The number of nitrogens with zero attached hydrogens (tertiary/aromatic N) is 1. The van der Waals surface area contributed by atoms with E-state index in [-0.39, 0.29) is 0 Å². The average molecular weight is 242 g/mol. The summed E-state index contributed by atoms with van der Waals surface area (Å²) in [6, 6.07) is 0.495. The number of hydrogen-bond donors (Lipinski definition) is 1. The minimum absolute atomic E-state index is 0.495. The summed E-state index contributed by atoms with van der Waals surface area (Å²) in [5, 5.41) is 5.40. The molecule has 1 saturated heterocycles. The second-order valence-corrected chi connectivity index (χ2v) is 6.02. The standard InChI is InChI=1S/C12H22N2OS/c1-3-4-11-7-13-12(16-11)14-9(2)10-5-6-15-8-10/h9-11H,3-8H2,1-2H3,(H,13,14). The molecule has 0 aliphatic carbocycles. The molecule has 1 N–H and O–H groups in total. The summed E-state index contributed by atoms with van der Waals surface area (Å²) in [5.41, 5.74) is 0. The Morgan fingerprint density at radius 2 is 2.50 bits per heavy atom. The number of aliphatic imine (C=N–C) groups is 1. The van der Waals surface area contributed by atoms with E-state index in [0.29, 0.717) is 17.2 Å². The Labute approximate surface area is 102 Å². The SMILES string of the molecule is CCCC1CN=C(NC(C)C2CCOC2)S1. The van der Waals surface area contributed by atoms with Crippen LogP contribution >= 0.6 is 11.8 Å². The van der Waals surface area contributed by atoms with Crippen molar-refractivity contribution in [1.82, 2.24) is 5.32 Å². The van der Waals surface area contributed by atoms with Crippen molar-refractivity contribution < 1.29 is 4.74 Å². The zero-order chi connectivity index (χ0) is 11.4. The van der Waals surface area contributed by atoms with Crippen LogP contribution in [0.2, 0.25) is 0 Å². The Balaban J connectivity index is 1.73. The molecular formula is C12H22N2OS. The van der Waals surface area contributed by atoms with E-state index < -0.39 is 0 Å². The molecule has 3 atom stereocenters. The molecule has 0 amide bonds. The van der Waals surface area contributed by atoms with E-state index in [2.05, 4.69) is 24.2 Å². The molecule has 0 saturated carbocycles. The molecule has 3 unspecified atom stereocenters. The zero-order valence-electron chi connectivity index (χ0n) is 10.2. The number of ether oxygens (including phenoxy) is 1. The highest BCUT2D eigenvalue weighted by Gasteiger charge is 2.25. The van der Waals surface area contributed by atoms with Crippen molar-refractivity contribution in [3.05, 3.63) is 0 Å². The van der Waals surface area contributed by atoms with Gasteiger partial charge in [-0.1, -0.05) is 25.1 Å². The van der Waals surface area contributed by atoms with Gasteiger partial charge in [0.2, 0.25) is 0 Å². The van der Waals surface area contributed by atoms with Gasteiger partial charge in [0.25, 0.3) is 0 Å². The molecule has 3 nitrogen and oxygen atoms in total. The van der Waals surface area contributed by atoms with Gasteiger partial charge < -0.3 is 10.1 Å². The third kappa shape index (κ3) is 3.14. The van der Waals surface area contributed by atoms with Gasteiger partial charge in [-0.05, 0) is 19.8 Å². The molecule has 2 aliphatic heterocycles. The summed E-state index contributed by atoms with van der Waals surface area (Å²) in [5.74, 6) is 0.661. The van der Waals surface area contributed by atoms with Crippen LogP contribution in [0.15, 0.2) is 4.99 Å². The van der Waals surface area contributed by atoms with Crippen LogP contribution in [0.5, 0.6) is 0 Å². The van der Waals surface area contributed by atoms with Crippen LogP contribution in [-0.2, 0) is 4.74 Å². The van der Waals surface area contributed by atoms with E-state index in [9.17, 15) is 0 Å². The van der Waals surface area contributed by atoms with E-state index in [0.717, 1.165) is 24.9 Å². The van der Waals surface area contributed by atoms with Crippen molar-refractivity contribution in [2.45, 2.75) is 44.4 Å². The van der Waals surface area contributed by atoms with Crippen molar-refractivity contribution in [1.29, 1.82) is 0 Å². The van der Waals surface area contributed by atoms with E-state index in [1.807, 2.05) is 11.8 Å². The second-order valence-electron chi connectivity index (χ2n) is 4.73. The van der Waals surface area contributed by atoms with Crippen LogP contribution in [-0.4, -0.2) is 36.2 Å². The van der Waals surface area contributed by atoms with Gasteiger partial charge in [-0.2, -0.15) is 0 Å². The fraction of sp³-hybridized carbons (Fsp3) is 0.917. The van der Waals surface area contributed by atoms with Crippen molar-refractivity contribution in [3.8, 4) is 0 Å². The number of amidine groups is 1. The molecule has 0 radical (unpaired) electrons. The molecular weight excluding hydrogens is 220 g/mol. The Morgan fingerprint density at radius 3 is 3.19 bits per heavy atom. The normalized spacial score (nSPS) is 31.5. The third-order valence-electron chi connectivity index (χ3n) is 3.35. The minimum atomic E-state index is 0.495. The predicted molar refractivity (Wildman–Crippen MR) is 70.1 cm³/mol. The quantitative estimate of drug-likeness (QED) is 0.821. The Bertz CT molecular complexity index is 251. The lowest BCUT2D eigenvalue weighted by molar-refractivity contribution is 0.180. The van der Waals surface area contributed by atoms with Crippen molar-refractivity contribution in [3.63, 3.8) is 0 Å². The van der Waals surface area contributed by atoms with Gasteiger partial charge in [0.1, 0.15) is 0 Å². The third-order valence-corrected chi connectivity index (χ3v) is 4.54. The summed E-state index contributed by atoms with van der Waals surface area (Å²) in [7, 11) is 0. The molecule has 1 fully saturated rings. The topological polar surface area (TPSA) is 33.6 Å². The van der Waals surface area contributed by atoms with E-state index in [1.54, 1.807) is 0 Å². The molecule has 0 bridgehead atoms. The average Bonchev–Trinajstić information content (AvgIpc) is 2.89. The molecule has 2 aliphatic rings. The Hall–Kier alpha value is -0.220. The first-order valence-corrected chi connectivity index (χ1v) is 7.23. The van der Waals surface area contributed by atoms with Crippen LogP contribution in [0.3, 0.4) is 0 Å². The molecule has 92 valence electrons. The van der Waals surface area contributed by atoms with Crippen LogP contribution in [0.4, 0.5) is 0 Å². The molecule has 0 aromatic heterocycles. The van der Waals surface area contributed by atoms with Gasteiger partial charge in [-0.15, -0.1) is 0 Å². The number of hydrogen-bond acceptors (Lipinski definition) is 4. The van der Waals surface area contributed by atoms with E-state index in [4.69, 9.17) is 4.74 Å². The van der Waals surface area contributed by atoms with Gasteiger partial charge >= 0.3 is 0 Å². The fourth-order valence-corrected chi connectivity index (χ4v) is 3.45. The largest absolute Gasteiger partial charge is 0.381 e. The predicted octanol–water partition coefficient (Wildman–Crippen LogP) is 2.27. The van der Waals surface area contributed by atoms with Gasteiger partial charge in [-0.25, -0.2) is 0 Å². The zero-order valence-corrected chi connectivity index (χ0v) is 11.1. The molecule has 0 aromatic carbocycles. The van der Waals surface area contributed by atoms with Gasteiger partial charge in [0.05, 0.1) is 13.2 Å². The highest BCUT2D eigenvalue weighted by molar-refractivity contribution is 8.14. The monoisotopic (exact) mass is 242 g/mol. The Morgan fingerprint density at radius 1 is 1.62 bits per heavy atom. The lowest BCUT2D eigenvalue weighted by atomic mass is 10.0. The van der Waals surface area contributed by atoms with Crippen molar-refractivity contribution in [2.24, 2.45) is 10.9 Å². The Kier molecular flexibility index (Phi) is 4.53. The smallest absolute Gasteiger partial charge is 0.157 e. The molecule has 0 spiro atoms. The lowest BCUT2D eigenvalue weighted by Gasteiger charge is -2.20. The summed E-state index contributed by atoms with van der Waals surface area (Å²) in [6.45, 7) is 7.31. The van der Waals surface area contributed by atoms with Crippen LogP contribution in [0, 0.1) is 5.92 Å². The van der Waals surface area contributed by atoms with Gasteiger partial charge in [0.15, 0.2) is 5.17 Å². The maximum atomic E-state index is 5.42. The van der Waals surface area contributed by atoms with Gasteiger partial charge in [-0.3, -0.25) is 4.99 Å². The van der Waals surface area contributed by atoms with Crippen molar-refractivity contribution in [2.75, 3.05) is 19.8 Å². The highest BCUT2D eigenvalue weighted by atomic mass is 32.2. The van der Waals surface area contributed by atoms with Crippen LogP contribution in [0.1, 0.15) is 33.1 Å². The minimum Gasteiger partial charge on any atom is -0.381 e. The second kappa shape index (κ2) is 5.92. The highest BCUT2D eigenvalue weighted by Crippen LogP contribution is 2.25. The first kappa shape index (κ1) is 12.2. The van der Waals surface area contributed by atoms with Gasteiger partial charge in [0, 0.05) is 23.8 Å². The number of nitrogens with one attached hydrogen (secondary N) is 1. The number of thioether (sulfide) groups is 1. The fourth-order valence-electron chi connectivity index (χ4n) is 2.23. The molecule has 2 heterocycles. The van der Waals surface area contributed by atoms with E-state index in [1.165, 1.54) is 19.3 Å². The summed E-state index contributed by atoms with van der Waals surface area (Å²) < 4.78 is 5.42.